The summed E-state index contributed by atoms with van der Waals surface area (Å²) in [6, 6.07) is 24.2. The highest BCUT2D eigenvalue weighted by Gasteiger charge is 2.12. The molecule has 0 spiro atoms. The summed E-state index contributed by atoms with van der Waals surface area (Å²) < 4.78 is 14.1. The lowest BCUT2D eigenvalue weighted by Gasteiger charge is -2.15. The van der Waals surface area contributed by atoms with Gasteiger partial charge in [0, 0.05) is 19.5 Å². The number of carbonyl (C=O) groups excluding carboxylic acids is 1. The van der Waals surface area contributed by atoms with Crippen LogP contribution in [0.1, 0.15) is 62.4 Å². The van der Waals surface area contributed by atoms with Gasteiger partial charge in [-0.05, 0) is 73.6 Å². The SMILES string of the molecule is Cc1ccc(C(C)C)c(OCCCn2c(CCCCCNC(=O)COc3ccccc3)nc3ccccc32)c1. The van der Waals surface area contributed by atoms with Gasteiger partial charge >= 0.3 is 0 Å². The first kappa shape index (κ1) is 28.2. The molecule has 0 aliphatic rings. The Morgan fingerprint density at radius 2 is 1.72 bits per heavy atom. The molecule has 1 amide bonds. The zero-order valence-electron chi connectivity index (χ0n) is 23.5. The van der Waals surface area contributed by atoms with Gasteiger partial charge in [0.1, 0.15) is 17.3 Å². The molecule has 4 aromatic rings. The van der Waals surface area contributed by atoms with E-state index in [0.717, 1.165) is 55.7 Å². The van der Waals surface area contributed by atoms with Crippen molar-refractivity contribution in [2.24, 2.45) is 0 Å². The topological polar surface area (TPSA) is 65.4 Å². The molecule has 0 atom stereocenters. The van der Waals surface area contributed by atoms with E-state index < -0.39 is 0 Å². The van der Waals surface area contributed by atoms with Crippen LogP contribution in [-0.2, 0) is 17.8 Å². The third kappa shape index (κ3) is 8.34. The van der Waals surface area contributed by atoms with E-state index in [4.69, 9.17) is 14.5 Å². The first-order chi connectivity index (χ1) is 19.0. The van der Waals surface area contributed by atoms with Crippen LogP contribution in [0.15, 0.2) is 72.8 Å². The second-order valence-electron chi connectivity index (χ2n) is 10.3. The predicted octanol–water partition coefficient (Wildman–Crippen LogP) is 6.85. The van der Waals surface area contributed by atoms with Gasteiger partial charge in [-0.1, -0.05) is 62.7 Å². The van der Waals surface area contributed by atoms with Crippen LogP contribution in [-0.4, -0.2) is 35.2 Å². The van der Waals surface area contributed by atoms with Crippen molar-refractivity contribution in [3.8, 4) is 11.5 Å². The minimum Gasteiger partial charge on any atom is -0.493 e. The lowest BCUT2D eigenvalue weighted by Crippen LogP contribution is -2.29. The molecule has 206 valence electrons. The van der Waals surface area contributed by atoms with Gasteiger partial charge in [0.15, 0.2) is 6.61 Å². The van der Waals surface area contributed by atoms with E-state index in [1.807, 2.05) is 36.4 Å². The molecule has 1 N–H and O–H groups in total. The van der Waals surface area contributed by atoms with Crippen LogP contribution in [0, 0.1) is 6.92 Å². The number of rotatable bonds is 15. The van der Waals surface area contributed by atoms with Crippen molar-refractivity contribution in [3.05, 3.63) is 89.7 Å². The molecule has 0 radical (unpaired) electrons. The molecule has 0 saturated heterocycles. The van der Waals surface area contributed by atoms with E-state index in [2.05, 4.69) is 67.1 Å². The number of fused-ring (bicyclic) bond motifs is 1. The van der Waals surface area contributed by atoms with Crippen molar-refractivity contribution < 1.29 is 14.3 Å². The van der Waals surface area contributed by atoms with Crippen LogP contribution in [0.5, 0.6) is 11.5 Å². The molecular formula is C33H41N3O3. The maximum atomic E-state index is 12.0. The number of amides is 1. The maximum Gasteiger partial charge on any atom is 0.257 e. The molecule has 1 aromatic heterocycles. The number of nitrogens with zero attached hydrogens (tertiary/aromatic N) is 2. The van der Waals surface area contributed by atoms with Gasteiger partial charge in [-0.2, -0.15) is 0 Å². The third-order valence-electron chi connectivity index (χ3n) is 6.82. The van der Waals surface area contributed by atoms with Crippen molar-refractivity contribution in [1.29, 1.82) is 0 Å². The number of hydrogen-bond acceptors (Lipinski definition) is 4. The first-order valence-electron chi connectivity index (χ1n) is 14.1. The number of aryl methyl sites for hydroxylation is 3. The Labute approximate surface area is 232 Å². The second-order valence-corrected chi connectivity index (χ2v) is 10.3. The van der Waals surface area contributed by atoms with E-state index in [1.54, 1.807) is 0 Å². The first-order valence-corrected chi connectivity index (χ1v) is 14.1. The lowest BCUT2D eigenvalue weighted by molar-refractivity contribution is -0.123. The Hall–Kier alpha value is -3.80. The highest BCUT2D eigenvalue weighted by molar-refractivity contribution is 5.77. The Balaban J connectivity index is 1.22. The van der Waals surface area contributed by atoms with Gasteiger partial charge in [0.25, 0.3) is 5.91 Å². The van der Waals surface area contributed by atoms with Crippen LogP contribution in [0.25, 0.3) is 11.0 Å². The summed E-state index contributed by atoms with van der Waals surface area (Å²) in [6.45, 7) is 8.75. The van der Waals surface area contributed by atoms with Crippen LogP contribution in [0.2, 0.25) is 0 Å². The second kappa shape index (κ2) is 14.4. The summed E-state index contributed by atoms with van der Waals surface area (Å²) in [5.74, 6) is 3.17. The van der Waals surface area contributed by atoms with Gasteiger partial charge in [0.2, 0.25) is 0 Å². The Morgan fingerprint density at radius 1 is 0.923 bits per heavy atom. The maximum absolute atomic E-state index is 12.0. The third-order valence-corrected chi connectivity index (χ3v) is 6.82. The number of hydrogen-bond donors (Lipinski definition) is 1. The number of carbonyl (C=O) groups is 1. The van der Waals surface area contributed by atoms with Crippen LogP contribution < -0.4 is 14.8 Å². The molecule has 0 aliphatic heterocycles. The lowest BCUT2D eigenvalue weighted by atomic mass is 10.0. The van der Waals surface area contributed by atoms with Gasteiger partial charge in [0.05, 0.1) is 17.6 Å². The summed E-state index contributed by atoms with van der Waals surface area (Å²) >= 11 is 0. The molecule has 0 fully saturated rings. The van der Waals surface area contributed by atoms with Gasteiger partial charge < -0.3 is 19.4 Å². The average molecular weight is 528 g/mol. The van der Waals surface area contributed by atoms with Gasteiger partial charge in [-0.25, -0.2) is 4.98 Å². The minimum absolute atomic E-state index is 0.0421. The number of aromatic nitrogens is 2. The molecule has 0 aliphatic carbocycles. The van der Waals surface area contributed by atoms with Crippen molar-refractivity contribution in [1.82, 2.24) is 14.9 Å². The summed E-state index contributed by atoms with van der Waals surface area (Å²) in [5, 5.41) is 2.95. The molecule has 6 nitrogen and oxygen atoms in total. The van der Waals surface area contributed by atoms with Crippen LogP contribution >= 0.6 is 0 Å². The highest BCUT2D eigenvalue weighted by atomic mass is 16.5. The van der Waals surface area contributed by atoms with Gasteiger partial charge in [-0.3, -0.25) is 4.79 Å². The Bertz CT molecular complexity index is 1330. The minimum atomic E-state index is -0.0888. The zero-order valence-corrected chi connectivity index (χ0v) is 23.5. The molecule has 0 unspecified atom stereocenters. The number of para-hydroxylation sites is 3. The van der Waals surface area contributed by atoms with Crippen LogP contribution in [0.4, 0.5) is 0 Å². The summed E-state index contributed by atoms with van der Waals surface area (Å²) in [4.78, 5) is 17.0. The number of benzene rings is 3. The van der Waals surface area contributed by atoms with Crippen molar-refractivity contribution >= 4 is 16.9 Å². The van der Waals surface area contributed by atoms with E-state index >= 15 is 0 Å². The van der Waals surface area contributed by atoms with E-state index in [9.17, 15) is 4.79 Å². The van der Waals surface area contributed by atoms with Crippen molar-refractivity contribution in [2.75, 3.05) is 19.8 Å². The van der Waals surface area contributed by atoms with E-state index in [0.29, 0.717) is 24.8 Å². The van der Waals surface area contributed by atoms with E-state index in [1.165, 1.54) is 16.6 Å². The number of ether oxygens (including phenoxy) is 2. The van der Waals surface area contributed by atoms with Gasteiger partial charge in [-0.15, -0.1) is 0 Å². The fourth-order valence-electron chi connectivity index (χ4n) is 4.74. The fourth-order valence-corrected chi connectivity index (χ4v) is 4.74. The number of imidazole rings is 1. The fraction of sp³-hybridized carbons (Fsp3) is 0.394. The summed E-state index contributed by atoms with van der Waals surface area (Å²) in [5.41, 5.74) is 4.70. The molecule has 0 saturated carbocycles. The molecule has 6 heteroatoms. The smallest absolute Gasteiger partial charge is 0.257 e. The monoisotopic (exact) mass is 527 g/mol. The van der Waals surface area contributed by atoms with Crippen LogP contribution in [0.3, 0.4) is 0 Å². The highest BCUT2D eigenvalue weighted by Crippen LogP contribution is 2.28. The predicted molar refractivity (Wildman–Crippen MR) is 158 cm³/mol. The Kier molecular flexibility index (Phi) is 10.4. The Morgan fingerprint density at radius 3 is 2.54 bits per heavy atom. The molecule has 1 heterocycles. The quantitative estimate of drug-likeness (QED) is 0.172. The zero-order chi connectivity index (χ0) is 27.5. The molecular weight excluding hydrogens is 486 g/mol. The largest absolute Gasteiger partial charge is 0.493 e. The van der Waals surface area contributed by atoms with E-state index in [-0.39, 0.29) is 12.5 Å². The molecule has 4 rings (SSSR count). The van der Waals surface area contributed by atoms with Crippen molar-refractivity contribution in [2.45, 2.75) is 65.3 Å². The number of nitrogens with one attached hydrogen (secondary N) is 1. The number of unbranched alkanes of at least 4 members (excludes halogenated alkanes) is 2. The summed E-state index contributed by atoms with van der Waals surface area (Å²) in [6.07, 6.45) is 4.81. The van der Waals surface area contributed by atoms with Crippen molar-refractivity contribution in [3.63, 3.8) is 0 Å². The molecule has 0 bridgehead atoms. The normalized spacial score (nSPS) is 11.2. The summed E-state index contributed by atoms with van der Waals surface area (Å²) in [7, 11) is 0. The average Bonchev–Trinajstić information content (AvgIpc) is 3.29. The molecule has 3 aromatic carbocycles. The molecule has 39 heavy (non-hydrogen) atoms. The standard InChI is InChI=1S/C33H41N3O3/c1-25(2)28-19-18-26(3)23-31(28)38-22-12-21-36-30-16-10-9-15-29(30)35-32(36)17-8-5-11-20-34-33(37)24-39-27-13-6-4-7-14-27/h4,6-7,9-10,13-16,18-19,23,25H,5,8,11-12,17,20-22,24H2,1-3H3,(H,34,37).